The van der Waals surface area contributed by atoms with Crippen LogP contribution in [0.1, 0.15) is 36.3 Å². The lowest BCUT2D eigenvalue weighted by molar-refractivity contribution is -0.140. The lowest BCUT2D eigenvalue weighted by Gasteiger charge is -2.12. The number of carbonyl (C=O) groups excluding carboxylic acids is 1. The second-order valence-electron chi connectivity index (χ2n) is 4.22. The molecule has 0 N–H and O–H groups in total. The molecule has 1 fully saturated rings. The highest BCUT2D eigenvalue weighted by atomic mass is 19.4. The van der Waals surface area contributed by atoms with Crippen molar-refractivity contribution in [2.45, 2.75) is 31.4 Å². The molecule has 0 saturated heterocycles. The van der Waals surface area contributed by atoms with E-state index in [1.54, 1.807) is 0 Å². The molecule has 1 aromatic carbocycles. The number of rotatable bonds is 1. The largest absolute Gasteiger partial charge is 0.419 e. The quantitative estimate of drug-likeness (QED) is 0.691. The van der Waals surface area contributed by atoms with Crippen molar-refractivity contribution in [1.29, 1.82) is 0 Å². The first kappa shape index (κ1) is 12.1. The van der Waals surface area contributed by atoms with Crippen molar-refractivity contribution in [2.75, 3.05) is 0 Å². The highest BCUT2D eigenvalue weighted by Gasteiger charge is 2.34. The molecule has 0 amide bonds. The highest BCUT2D eigenvalue weighted by Crippen LogP contribution is 2.36. The molecule has 17 heavy (non-hydrogen) atoms. The Bertz CT molecular complexity index is 450. The van der Waals surface area contributed by atoms with Gasteiger partial charge in [0.05, 0.1) is 5.56 Å². The van der Waals surface area contributed by atoms with Gasteiger partial charge in [-0.1, -0.05) is 6.07 Å². The van der Waals surface area contributed by atoms with Crippen LogP contribution in [0.15, 0.2) is 18.2 Å². The Balaban J connectivity index is 2.28. The van der Waals surface area contributed by atoms with E-state index in [1.807, 2.05) is 0 Å². The van der Waals surface area contributed by atoms with Gasteiger partial charge in [-0.15, -0.1) is 0 Å². The molecule has 1 atom stereocenters. The maximum atomic E-state index is 13.3. The Labute approximate surface area is 95.4 Å². The summed E-state index contributed by atoms with van der Waals surface area (Å²) in [6, 6.07) is 2.90. The summed E-state index contributed by atoms with van der Waals surface area (Å²) in [5.41, 5.74) is -0.785. The molecule has 0 aliphatic heterocycles. The maximum Gasteiger partial charge on any atom is 0.419 e. The van der Waals surface area contributed by atoms with E-state index in [1.165, 1.54) is 6.07 Å². The predicted octanol–water partition coefficient (Wildman–Crippen LogP) is 3.68. The zero-order chi connectivity index (χ0) is 12.6. The molecule has 0 spiro atoms. The fourth-order valence-electron chi connectivity index (χ4n) is 2.11. The van der Waals surface area contributed by atoms with E-state index in [9.17, 15) is 22.4 Å². The summed E-state index contributed by atoms with van der Waals surface area (Å²) in [5.74, 6) is -1.33. The number of alkyl halides is 3. The van der Waals surface area contributed by atoms with Gasteiger partial charge in [0, 0.05) is 12.8 Å². The molecule has 5 heteroatoms. The van der Waals surface area contributed by atoms with E-state index >= 15 is 0 Å². The van der Waals surface area contributed by atoms with Gasteiger partial charge in [-0.3, -0.25) is 4.79 Å². The number of halogens is 4. The van der Waals surface area contributed by atoms with Gasteiger partial charge in [0.25, 0.3) is 0 Å². The van der Waals surface area contributed by atoms with Crippen molar-refractivity contribution in [3.63, 3.8) is 0 Å². The fraction of sp³-hybridized carbons (Fsp3) is 0.417. The molecule has 0 heterocycles. The predicted molar refractivity (Wildman–Crippen MR) is 53.0 cm³/mol. The van der Waals surface area contributed by atoms with Gasteiger partial charge in [0.1, 0.15) is 11.6 Å². The first-order valence-corrected chi connectivity index (χ1v) is 5.26. The van der Waals surface area contributed by atoms with Crippen LogP contribution < -0.4 is 0 Å². The molecular formula is C12H10F4O. The molecule has 2 rings (SSSR count). The number of Topliss-reactive ketones (excluding diaryl/α,β-unsaturated/α-hetero) is 1. The average Bonchev–Trinajstić information content (AvgIpc) is 2.62. The van der Waals surface area contributed by atoms with E-state index in [-0.39, 0.29) is 11.7 Å². The second kappa shape index (κ2) is 4.13. The van der Waals surface area contributed by atoms with E-state index in [0.29, 0.717) is 24.8 Å². The number of carbonyl (C=O) groups is 1. The normalized spacial score (nSPS) is 20.9. The van der Waals surface area contributed by atoms with Gasteiger partial charge in [-0.2, -0.15) is 13.2 Å². The van der Waals surface area contributed by atoms with E-state index in [4.69, 9.17) is 0 Å². The zero-order valence-electron chi connectivity index (χ0n) is 8.85. The minimum Gasteiger partial charge on any atom is -0.300 e. The number of benzene rings is 1. The summed E-state index contributed by atoms with van der Waals surface area (Å²) >= 11 is 0. The van der Waals surface area contributed by atoms with E-state index in [0.717, 1.165) is 12.1 Å². The first-order chi connectivity index (χ1) is 7.88. The summed E-state index contributed by atoms with van der Waals surface area (Å²) in [5, 5.41) is 0. The summed E-state index contributed by atoms with van der Waals surface area (Å²) in [4.78, 5) is 11.1. The molecule has 1 unspecified atom stereocenters. The van der Waals surface area contributed by atoms with Gasteiger partial charge >= 0.3 is 6.18 Å². The molecule has 1 aliphatic carbocycles. The van der Waals surface area contributed by atoms with E-state index < -0.39 is 17.6 Å². The first-order valence-electron chi connectivity index (χ1n) is 5.26. The standard InChI is InChI=1S/C12H10F4O/c13-11-6-8(7-1-3-9(17)5-7)2-4-10(11)12(14,15)16/h2,4,6-7H,1,3,5H2. The van der Waals surface area contributed by atoms with Crippen LogP contribution >= 0.6 is 0 Å². The molecular weight excluding hydrogens is 236 g/mol. The van der Waals surface area contributed by atoms with Crippen LogP contribution in [-0.4, -0.2) is 5.78 Å². The average molecular weight is 246 g/mol. The van der Waals surface area contributed by atoms with Gasteiger partial charge in [-0.25, -0.2) is 4.39 Å². The van der Waals surface area contributed by atoms with E-state index in [2.05, 4.69) is 0 Å². The molecule has 1 aliphatic rings. The smallest absolute Gasteiger partial charge is 0.300 e. The lowest BCUT2D eigenvalue weighted by Crippen LogP contribution is -2.09. The topological polar surface area (TPSA) is 17.1 Å². The van der Waals surface area contributed by atoms with Crippen molar-refractivity contribution in [2.24, 2.45) is 0 Å². The molecule has 92 valence electrons. The highest BCUT2D eigenvalue weighted by molar-refractivity contribution is 5.81. The third-order valence-corrected chi connectivity index (χ3v) is 3.02. The zero-order valence-corrected chi connectivity index (χ0v) is 8.85. The van der Waals surface area contributed by atoms with Crippen LogP contribution in [0.2, 0.25) is 0 Å². The maximum absolute atomic E-state index is 13.3. The molecule has 0 radical (unpaired) electrons. The number of hydrogen-bond acceptors (Lipinski definition) is 1. The van der Waals surface area contributed by atoms with Gasteiger partial charge in [0.15, 0.2) is 0 Å². The summed E-state index contributed by atoms with van der Waals surface area (Å²) in [6.07, 6.45) is -3.37. The summed E-state index contributed by atoms with van der Waals surface area (Å²) < 4.78 is 50.3. The Kier molecular flexibility index (Phi) is 2.93. The third kappa shape index (κ3) is 2.48. The Hall–Kier alpha value is -1.39. The summed E-state index contributed by atoms with van der Waals surface area (Å²) in [6.45, 7) is 0. The van der Waals surface area contributed by atoms with Crippen molar-refractivity contribution in [3.8, 4) is 0 Å². The molecule has 1 saturated carbocycles. The minimum atomic E-state index is -4.67. The SMILES string of the molecule is O=C1CCC(c2ccc(C(F)(F)F)c(F)c2)C1. The fourth-order valence-corrected chi connectivity index (χ4v) is 2.11. The number of ketones is 1. The van der Waals surface area contributed by atoms with Crippen LogP contribution in [0.5, 0.6) is 0 Å². The van der Waals surface area contributed by atoms with Gasteiger partial charge in [0.2, 0.25) is 0 Å². The van der Waals surface area contributed by atoms with Crippen molar-refractivity contribution < 1.29 is 22.4 Å². The van der Waals surface area contributed by atoms with Gasteiger partial charge < -0.3 is 0 Å². The molecule has 0 bridgehead atoms. The Morgan fingerprint density at radius 2 is 1.94 bits per heavy atom. The molecule has 1 nitrogen and oxygen atoms in total. The molecule has 1 aromatic rings. The number of hydrogen-bond donors (Lipinski definition) is 0. The van der Waals surface area contributed by atoms with Crippen molar-refractivity contribution in [1.82, 2.24) is 0 Å². The van der Waals surface area contributed by atoms with Crippen molar-refractivity contribution >= 4 is 5.78 Å². The molecule has 0 aromatic heterocycles. The third-order valence-electron chi connectivity index (χ3n) is 3.02. The van der Waals surface area contributed by atoms with Crippen LogP contribution in [0.3, 0.4) is 0 Å². The minimum absolute atomic E-state index is 0.0790. The summed E-state index contributed by atoms with van der Waals surface area (Å²) in [7, 11) is 0. The Morgan fingerprint density at radius 3 is 2.41 bits per heavy atom. The van der Waals surface area contributed by atoms with Crippen LogP contribution in [-0.2, 0) is 11.0 Å². The monoisotopic (exact) mass is 246 g/mol. The van der Waals surface area contributed by atoms with Crippen LogP contribution in [0.4, 0.5) is 17.6 Å². The van der Waals surface area contributed by atoms with Gasteiger partial charge in [-0.05, 0) is 30.0 Å². The van der Waals surface area contributed by atoms with Crippen LogP contribution in [0.25, 0.3) is 0 Å². The van der Waals surface area contributed by atoms with Crippen LogP contribution in [0, 0.1) is 5.82 Å². The lowest BCUT2D eigenvalue weighted by atomic mass is 9.96. The van der Waals surface area contributed by atoms with Crippen molar-refractivity contribution in [3.05, 3.63) is 35.1 Å². The second-order valence-corrected chi connectivity index (χ2v) is 4.22. The Morgan fingerprint density at radius 1 is 1.24 bits per heavy atom.